The van der Waals surface area contributed by atoms with E-state index in [1.807, 2.05) is 51.1 Å². The minimum absolute atomic E-state index is 0.114. The van der Waals surface area contributed by atoms with Crippen LogP contribution >= 0.6 is 0 Å². The first-order valence-corrected chi connectivity index (χ1v) is 5.96. The molecule has 2 rings (SSSR count). The normalized spacial score (nSPS) is 11.3. The van der Waals surface area contributed by atoms with Gasteiger partial charge in [0.05, 0.1) is 5.60 Å². The lowest BCUT2D eigenvalue weighted by atomic mass is 10.1. The van der Waals surface area contributed by atoms with Gasteiger partial charge in [0.1, 0.15) is 5.69 Å². The van der Waals surface area contributed by atoms with Gasteiger partial charge in [-0.2, -0.15) is 0 Å². The molecule has 0 aliphatic heterocycles. The number of nitrogens with one attached hydrogen (secondary N) is 1. The summed E-state index contributed by atoms with van der Waals surface area (Å²) in [6.07, 6.45) is 0. The van der Waals surface area contributed by atoms with Gasteiger partial charge in [0.2, 0.25) is 5.76 Å². The fourth-order valence-electron chi connectivity index (χ4n) is 1.38. The Labute approximate surface area is 111 Å². The van der Waals surface area contributed by atoms with Crippen LogP contribution in [0, 0.1) is 0 Å². The molecular weight excluding hydrogens is 244 g/mol. The number of benzene rings is 1. The average molecular weight is 260 g/mol. The Kier molecular flexibility index (Phi) is 3.66. The molecule has 5 nitrogen and oxygen atoms in total. The van der Waals surface area contributed by atoms with Gasteiger partial charge in [-0.05, 0) is 20.8 Å². The Morgan fingerprint density at radius 3 is 2.58 bits per heavy atom. The lowest BCUT2D eigenvalue weighted by molar-refractivity contribution is -0.0600. The first-order chi connectivity index (χ1) is 8.96. The van der Waals surface area contributed by atoms with Crippen molar-refractivity contribution < 1.29 is 14.2 Å². The van der Waals surface area contributed by atoms with Crippen LogP contribution in [0.1, 0.15) is 31.3 Å². The minimum Gasteiger partial charge on any atom is -0.350 e. The highest BCUT2D eigenvalue weighted by Gasteiger charge is 2.17. The number of hydrogen-bond donors (Lipinski definition) is 1. The van der Waals surface area contributed by atoms with Crippen LogP contribution < -0.4 is 5.48 Å². The Morgan fingerprint density at radius 1 is 1.26 bits per heavy atom. The number of amides is 1. The largest absolute Gasteiger partial charge is 0.350 e. The van der Waals surface area contributed by atoms with E-state index in [0.717, 1.165) is 5.56 Å². The first kappa shape index (κ1) is 13.3. The molecule has 19 heavy (non-hydrogen) atoms. The molecule has 1 heterocycles. The van der Waals surface area contributed by atoms with Crippen LogP contribution in [-0.2, 0) is 4.84 Å². The summed E-state index contributed by atoms with van der Waals surface area (Å²) >= 11 is 0. The smallest absolute Gasteiger partial charge is 0.313 e. The zero-order valence-corrected chi connectivity index (χ0v) is 11.1. The fourth-order valence-corrected chi connectivity index (χ4v) is 1.38. The molecule has 2 aromatic rings. The topological polar surface area (TPSA) is 64.4 Å². The summed E-state index contributed by atoms with van der Waals surface area (Å²) in [5.74, 6) is -0.340. The van der Waals surface area contributed by atoms with Crippen molar-refractivity contribution in [1.82, 2.24) is 10.6 Å². The van der Waals surface area contributed by atoms with E-state index in [1.54, 1.807) is 6.07 Å². The van der Waals surface area contributed by atoms with Crippen molar-refractivity contribution in [2.75, 3.05) is 0 Å². The van der Waals surface area contributed by atoms with E-state index < -0.39 is 11.5 Å². The summed E-state index contributed by atoms with van der Waals surface area (Å²) in [5.41, 5.74) is 3.37. The van der Waals surface area contributed by atoms with Gasteiger partial charge in [-0.1, -0.05) is 35.5 Å². The third kappa shape index (κ3) is 3.66. The van der Waals surface area contributed by atoms with Crippen molar-refractivity contribution >= 4 is 5.91 Å². The summed E-state index contributed by atoms with van der Waals surface area (Å²) in [4.78, 5) is 16.9. The molecule has 1 amide bonds. The average Bonchev–Trinajstić information content (AvgIpc) is 2.86. The second kappa shape index (κ2) is 5.24. The molecule has 0 radical (unpaired) electrons. The summed E-state index contributed by atoms with van der Waals surface area (Å²) < 4.78 is 5.00. The summed E-state index contributed by atoms with van der Waals surface area (Å²) in [6, 6.07) is 11.1. The minimum atomic E-state index is -0.460. The van der Waals surface area contributed by atoms with Crippen LogP contribution in [0.25, 0.3) is 11.3 Å². The second-order valence-corrected chi connectivity index (χ2v) is 5.09. The predicted molar refractivity (Wildman–Crippen MR) is 70.2 cm³/mol. The molecule has 0 saturated carbocycles. The van der Waals surface area contributed by atoms with E-state index in [2.05, 4.69) is 10.6 Å². The Morgan fingerprint density at radius 2 is 1.95 bits per heavy atom. The number of aromatic nitrogens is 1. The fraction of sp³-hybridized carbons (Fsp3) is 0.286. The number of carbonyl (C=O) groups is 1. The second-order valence-electron chi connectivity index (χ2n) is 5.09. The Bertz CT molecular complexity index is 556. The molecule has 100 valence electrons. The lowest BCUT2D eigenvalue weighted by Crippen LogP contribution is -2.33. The molecule has 0 aliphatic rings. The van der Waals surface area contributed by atoms with Gasteiger partial charge in [0, 0.05) is 11.6 Å². The number of hydroxylamine groups is 1. The van der Waals surface area contributed by atoms with Gasteiger partial charge in [0.25, 0.3) is 0 Å². The zero-order valence-electron chi connectivity index (χ0n) is 11.1. The van der Waals surface area contributed by atoms with Crippen LogP contribution in [-0.4, -0.2) is 16.7 Å². The molecule has 0 aliphatic carbocycles. The molecule has 0 atom stereocenters. The predicted octanol–water partition coefficient (Wildman–Crippen LogP) is 2.80. The van der Waals surface area contributed by atoms with Crippen LogP contribution in [0.2, 0.25) is 0 Å². The SMILES string of the molecule is CC(C)(C)ONC(=O)c1cc(-c2ccccc2)no1. The van der Waals surface area contributed by atoms with Crippen molar-refractivity contribution in [1.29, 1.82) is 0 Å². The summed E-state index contributed by atoms with van der Waals surface area (Å²) in [7, 11) is 0. The molecule has 5 heteroatoms. The first-order valence-electron chi connectivity index (χ1n) is 5.96. The van der Waals surface area contributed by atoms with E-state index in [9.17, 15) is 4.79 Å². The van der Waals surface area contributed by atoms with Crippen LogP contribution in [0.5, 0.6) is 0 Å². The van der Waals surface area contributed by atoms with Gasteiger partial charge >= 0.3 is 5.91 Å². The van der Waals surface area contributed by atoms with E-state index in [4.69, 9.17) is 9.36 Å². The standard InChI is InChI=1S/C14H16N2O3/c1-14(2,3)19-16-13(17)12-9-11(15-18-12)10-7-5-4-6-8-10/h4-9H,1-3H3,(H,16,17). The van der Waals surface area contributed by atoms with Gasteiger partial charge < -0.3 is 4.52 Å². The van der Waals surface area contributed by atoms with Gasteiger partial charge in [-0.25, -0.2) is 5.48 Å². The quantitative estimate of drug-likeness (QED) is 0.862. The lowest BCUT2D eigenvalue weighted by Gasteiger charge is -2.18. The van der Waals surface area contributed by atoms with Crippen LogP contribution in [0.15, 0.2) is 40.9 Å². The van der Waals surface area contributed by atoms with E-state index in [0.29, 0.717) is 5.69 Å². The Hall–Kier alpha value is -2.14. The number of rotatable bonds is 3. The maximum atomic E-state index is 11.8. The van der Waals surface area contributed by atoms with Crippen molar-refractivity contribution in [3.05, 3.63) is 42.2 Å². The van der Waals surface area contributed by atoms with E-state index in [1.165, 1.54) is 0 Å². The number of hydrogen-bond acceptors (Lipinski definition) is 4. The summed E-state index contributed by atoms with van der Waals surface area (Å²) in [5, 5.41) is 3.86. The van der Waals surface area contributed by atoms with Crippen molar-refractivity contribution in [2.24, 2.45) is 0 Å². The van der Waals surface area contributed by atoms with Gasteiger partial charge in [0.15, 0.2) is 0 Å². The third-order valence-electron chi connectivity index (χ3n) is 2.25. The van der Waals surface area contributed by atoms with Crippen LogP contribution in [0.4, 0.5) is 0 Å². The molecule has 1 aromatic carbocycles. The molecule has 0 unspecified atom stereocenters. The number of nitrogens with zero attached hydrogens (tertiary/aromatic N) is 1. The highest BCUT2D eigenvalue weighted by atomic mass is 16.7. The van der Waals surface area contributed by atoms with Crippen molar-refractivity contribution in [3.8, 4) is 11.3 Å². The molecule has 1 aromatic heterocycles. The Balaban J connectivity index is 2.07. The molecule has 0 spiro atoms. The molecule has 1 N–H and O–H groups in total. The zero-order chi connectivity index (χ0) is 13.9. The highest BCUT2D eigenvalue weighted by molar-refractivity contribution is 5.91. The van der Waals surface area contributed by atoms with E-state index >= 15 is 0 Å². The summed E-state index contributed by atoms with van der Waals surface area (Å²) in [6.45, 7) is 5.51. The van der Waals surface area contributed by atoms with Crippen molar-refractivity contribution in [2.45, 2.75) is 26.4 Å². The maximum absolute atomic E-state index is 11.8. The molecule has 0 fully saturated rings. The van der Waals surface area contributed by atoms with Crippen molar-refractivity contribution in [3.63, 3.8) is 0 Å². The highest BCUT2D eigenvalue weighted by Crippen LogP contribution is 2.18. The van der Waals surface area contributed by atoms with E-state index in [-0.39, 0.29) is 5.76 Å². The third-order valence-corrected chi connectivity index (χ3v) is 2.25. The molecular formula is C14H16N2O3. The van der Waals surface area contributed by atoms with Crippen LogP contribution in [0.3, 0.4) is 0 Å². The number of carbonyl (C=O) groups excluding carboxylic acids is 1. The maximum Gasteiger partial charge on any atom is 0.313 e. The molecule has 0 bridgehead atoms. The van der Waals surface area contributed by atoms with Gasteiger partial charge in [-0.15, -0.1) is 0 Å². The monoisotopic (exact) mass is 260 g/mol. The molecule has 0 saturated heterocycles. The van der Waals surface area contributed by atoms with Gasteiger partial charge in [-0.3, -0.25) is 9.63 Å².